The minimum absolute atomic E-state index is 0.480. The van der Waals surface area contributed by atoms with Crippen LogP contribution in [0.4, 0.5) is 0 Å². The zero-order valence-electron chi connectivity index (χ0n) is 10.8. The van der Waals surface area contributed by atoms with Crippen LogP contribution in [-0.2, 0) is 11.3 Å². The lowest BCUT2D eigenvalue weighted by Gasteiger charge is -2.06. The van der Waals surface area contributed by atoms with E-state index in [-0.39, 0.29) is 0 Å². The second-order valence-corrected chi connectivity index (χ2v) is 5.23. The zero-order valence-corrected chi connectivity index (χ0v) is 12.3. The third kappa shape index (κ3) is 2.99. The molecule has 100 valence electrons. The molecule has 1 heterocycles. The largest absolute Gasteiger partial charge is 0.331 e. The number of benzene rings is 1. The molecule has 0 N–H and O–H groups in total. The van der Waals surface area contributed by atoms with Gasteiger partial charge < -0.3 is 9.36 Å². The number of nitrogens with zero attached hydrogens (tertiary/aromatic N) is 2. The molecular weight excluding hydrogens is 283 g/mol. The molecule has 0 atom stereocenters. The van der Waals surface area contributed by atoms with E-state index in [2.05, 4.69) is 4.98 Å². The summed E-state index contributed by atoms with van der Waals surface area (Å²) in [6.07, 6.45) is 1.39. The van der Waals surface area contributed by atoms with Gasteiger partial charge in [0.2, 0.25) is 0 Å². The second-order valence-electron chi connectivity index (χ2n) is 4.36. The maximum Gasteiger partial charge on any atom is 0.121 e. The zero-order chi connectivity index (χ0) is 14.0. The molecule has 0 aliphatic heterocycles. The number of carbonyl (C=O) groups is 1. The van der Waals surface area contributed by atoms with E-state index in [9.17, 15) is 4.79 Å². The molecule has 1 aromatic carbocycles. The standard InChI is InChI=1S/C14H14Cl2N2O/c1-9-14(11-6-12(15)8-13(16)7-11)17-10(2)18(9)4-3-5-19/h5-8H,3-4H2,1-2H3. The molecule has 0 spiro atoms. The summed E-state index contributed by atoms with van der Waals surface area (Å²) in [6.45, 7) is 4.55. The van der Waals surface area contributed by atoms with Crippen molar-refractivity contribution in [3.8, 4) is 11.3 Å². The first-order valence-electron chi connectivity index (χ1n) is 5.96. The van der Waals surface area contributed by atoms with E-state index >= 15 is 0 Å². The van der Waals surface area contributed by atoms with Crippen LogP contribution in [0.1, 0.15) is 17.9 Å². The second kappa shape index (κ2) is 5.76. The fourth-order valence-corrected chi connectivity index (χ4v) is 2.67. The van der Waals surface area contributed by atoms with Crippen molar-refractivity contribution in [2.24, 2.45) is 0 Å². The Hall–Kier alpha value is -1.32. The third-order valence-electron chi connectivity index (χ3n) is 3.02. The van der Waals surface area contributed by atoms with Crippen LogP contribution in [0.2, 0.25) is 10.0 Å². The van der Waals surface area contributed by atoms with Crippen molar-refractivity contribution in [1.82, 2.24) is 9.55 Å². The number of hydrogen-bond donors (Lipinski definition) is 0. The normalized spacial score (nSPS) is 10.7. The maximum absolute atomic E-state index is 10.5. The predicted molar refractivity (Wildman–Crippen MR) is 77.8 cm³/mol. The number of halogens is 2. The lowest BCUT2D eigenvalue weighted by molar-refractivity contribution is -0.108. The summed E-state index contributed by atoms with van der Waals surface area (Å²) in [5.74, 6) is 0.880. The minimum Gasteiger partial charge on any atom is -0.331 e. The first kappa shape index (κ1) is 14.1. The highest BCUT2D eigenvalue weighted by atomic mass is 35.5. The van der Waals surface area contributed by atoms with Crippen molar-refractivity contribution < 1.29 is 4.79 Å². The van der Waals surface area contributed by atoms with Crippen molar-refractivity contribution >= 4 is 29.5 Å². The molecule has 0 saturated heterocycles. The molecule has 0 amide bonds. The number of aromatic nitrogens is 2. The van der Waals surface area contributed by atoms with E-state index in [1.54, 1.807) is 6.07 Å². The highest BCUT2D eigenvalue weighted by molar-refractivity contribution is 6.35. The Bertz CT molecular complexity index is 600. The molecule has 2 aromatic rings. The lowest BCUT2D eigenvalue weighted by atomic mass is 10.1. The van der Waals surface area contributed by atoms with Crippen LogP contribution < -0.4 is 0 Å². The monoisotopic (exact) mass is 296 g/mol. The van der Waals surface area contributed by atoms with Crippen molar-refractivity contribution in [3.63, 3.8) is 0 Å². The first-order valence-corrected chi connectivity index (χ1v) is 6.72. The van der Waals surface area contributed by atoms with E-state index in [1.807, 2.05) is 30.5 Å². The molecule has 0 unspecified atom stereocenters. The van der Waals surface area contributed by atoms with Crippen LogP contribution in [0.3, 0.4) is 0 Å². The van der Waals surface area contributed by atoms with Gasteiger partial charge in [0.25, 0.3) is 0 Å². The van der Waals surface area contributed by atoms with Gasteiger partial charge in [-0.15, -0.1) is 0 Å². The van der Waals surface area contributed by atoms with Gasteiger partial charge in [0.1, 0.15) is 12.1 Å². The van der Waals surface area contributed by atoms with Gasteiger partial charge in [-0.1, -0.05) is 23.2 Å². The van der Waals surface area contributed by atoms with Crippen LogP contribution in [0.25, 0.3) is 11.3 Å². The topological polar surface area (TPSA) is 34.9 Å². The quantitative estimate of drug-likeness (QED) is 0.798. The number of aryl methyl sites for hydroxylation is 1. The Morgan fingerprint density at radius 2 is 1.84 bits per heavy atom. The average molecular weight is 297 g/mol. The van der Waals surface area contributed by atoms with Crippen LogP contribution >= 0.6 is 23.2 Å². The molecule has 0 saturated carbocycles. The summed E-state index contributed by atoms with van der Waals surface area (Å²) in [6, 6.07) is 5.37. The van der Waals surface area contributed by atoms with Gasteiger partial charge >= 0.3 is 0 Å². The molecule has 1 aromatic heterocycles. The van der Waals surface area contributed by atoms with Crippen LogP contribution in [-0.4, -0.2) is 15.8 Å². The molecular formula is C14H14Cl2N2O. The van der Waals surface area contributed by atoms with E-state index in [0.717, 1.165) is 29.1 Å². The Balaban J connectivity index is 2.48. The smallest absolute Gasteiger partial charge is 0.121 e. The Morgan fingerprint density at radius 1 is 1.21 bits per heavy atom. The molecule has 0 radical (unpaired) electrons. The number of aldehydes is 1. The van der Waals surface area contributed by atoms with Crippen LogP contribution in [0.5, 0.6) is 0 Å². The van der Waals surface area contributed by atoms with Gasteiger partial charge in [-0.25, -0.2) is 4.98 Å². The van der Waals surface area contributed by atoms with E-state index in [1.165, 1.54) is 0 Å². The third-order valence-corrected chi connectivity index (χ3v) is 3.45. The number of carbonyl (C=O) groups excluding carboxylic acids is 1. The van der Waals surface area contributed by atoms with Gasteiger partial charge in [0.15, 0.2) is 0 Å². The summed E-state index contributed by atoms with van der Waals surface area (Å²) in [7, 11) is 0. The lowest BCUT2D eigenvalue weighted by Crippen LogP contribution is -2.03. The highest BCUT2D eigenvalue weighted by Gasteiger charge is 2.13. The maximum atomic E-state index is 10.5. The fourth-order valence-electron chi connectivity index (χ4n) is 2.15. The van der Waals surface area contributed by atoms with Gasteiger partial charge in [-0.05, 0) is 32.0 Å². The Labute approximate surface area is 122 Å². The molecule has 19 heavy (non-hydrogen) atoms. The summed E-state index contributed by atoms with van der Waals surface area (Å²) < 4.78 is 2.03. The number of imidazole rings is 1. The molecule has 5 heteroatoms. The van der Waals surface area contributed by atoms with Crippen molar-refractivity contribution in [3.05, 3.63) is 39.8 Å². The molecule has 0 aliphatic rings. The van der Waals surface area contributed by atoms with Gasteiger partial charge in [0, 0.05) is 34.3 Å². The summed E-state index contributed by atoms with van der Waals surface area (Å²) >= 11 is 12.0. The Morgan fingerprint density at radius 3 is 2.42 bits per heavy atom. The molecule has 0 fully saturated rings. The van der Waals surface area contributed by atoms with Crippen LogP contribution in [0.15, 0.2) is 18.2 Å². The Kier molecular flexibility index (Phi) is 4.27. The summed E-state index contributed by atoms with van der Waals surface area (Å²) in [5.41, 5.74) is 2.76. The molecule has 0 aliphatic carbocycles. The number of hydrogen-bond acceptors (Lipinski definition) is 2. The highest BCUT2D eigenvalue weighted by Crippen LogP contribution is 2.29. The van der Waals surface area contributed by atoms with Crippen molar-refractivity contribution in [1.29, 1.82) is 0 Å². The van der Waals surface area contributed by atoms with Crippen molar-refractivity contribution in [2.45, 2.75) is 26.8 Å². The number of rotatable bonds is 4. The van der Waals surface area contributed by atoms with Crippen molar-refractivity contribution in [2.75, 3.05) is 0 Å². The summed E-state index contributed by atoms with van der Waals surface area (Å²) in [4.78, 5) is 15.0. The van der Waals surface area contributed by atoms with Gasteiger partial charge in [-0.2, -0.15) is 0 Å². The van der Waals surface area contributed by atoms with Gasteiger partial charge in [-0.3, -0.25) is 0 Å². The fraction of sp³-hybridized carbons (Fsp3) is 0.286. The van der Waals surface area contributed by atoms with E-state index in [4.69, 9.17) is 23.2 Å². The summed E-state index contributed by atoms with van der Waals surface area (Å²) in [5, 5.41) is 1.17. The molecule has 2 rings (SSSR count). The first-order chi connectivity index (χ1) is 9.02. The van der Waals surface area contributed by atoms with E-state index < -0.39 is 0 Å². The molecule has 3 nitrogen and oxygen atoms in total. The predicted octanol–water partition coefficient (Wildman–Crippen LogP) is 4.06. The molecule has 0 bridgehead atoms. The van der Waals surface area contributed by atoms with E-state index in [0.29, 0.717) is 23.0 Å². The SMILES string of the molecule is Cc1nc(-c2cc(Cl)cc(Cl)c2)c(C)n1CCC=O. The van der Waals surface area contributed by atoms with Crippen LogP contribution in [0, 0.1) is 13.8 Å². The van der Waals surface area contributed by atoms with Gasteiger partial charge in [0.05, 0.1) is 5.69 Å². The average Bonchev–Trinajstić information content (AvgIpc) is 2.61. The minimum atomic E-state index is 0.480.